The Hall–Kier alpha value is -2.86. The van der Waals surface area contributed by atoms with E-state index in [1.54, 1.807) is 0 Å². The highest BCUT2D eigenvalue weighted by Crippen LogP contribution is 2.43. The molecule has 0 aromatic carbocycles. The fourth-order valence-electron chi connectivity index (χ4n) is 6.62. The summed E-state index contributed by atoms with van der Waals surface area (Å²) in [5.74, 6) is 2.32. The van der Waals surface area contributed by atoms with Crippen LogP contribution in [0.3, 0.4) is 0 Å². The van der Waals surface area contributed by atoms with Crippen LogP contribution in [0, 0.1) is 29.1 Å². The molecule has 1 saturated carbocycles. The first kappa shape index (κ1) is 25.8. The van der Waals surface area contributed by atoms with Gasteiger partial charge < -0.3 is 0 Å². The number of hydrogen-bond donors (Lipinski definition) is 0. The lowest BCUT2D eigenvalue weighted by atomic mass is 9.70. The Bertz CT molecular complexity index is 1220. The highest BCUT2D eigenvalue weighted by Gasteiger charge is 2.29. The van der Waals surface area contributed by atoms with E-state index in [0.29, 0.717) is 17.8 Å². The van der Waals surface area contributed by atoms with Crippen LogP contribution in [0.15, 0.2) is 131 Å². The van der Waals surface area contributed by atoms with Crippen molar-refractivity contribution in [3.63, 3.8) is 0 Å². The molecule has 0 radical (unpaired) electrons. The Kier molecular flexibility index (Phi) is 7.30. The molecule has 0 amide bonds. The van der Waals surface area contributed by atoms with Gasteiger partial charge in [0.15, 0.2) is 0 Å². The Morgan fingerprint density at radius 1 is 0.865 bits per heavy atom. The average Bonchev–Trinajstić information content (AvgIpc) is 3.29. The van der Waals surface area contributed by atoms with E-state index in [9.17, 15) is 0 Å². The Labute approximate surface area is 225 Å². The normalized spacial score (nSPS) is 28.5. The van der Waals surface area contributed by atoms with Gasteiger partial charge in [-0.1, -0.05) is 124 Å². The lowest BCUT2D eigenvalue weighted by molar-refractivity contribution is 0.273. The highest BCUT2D eigenvalue weighted by atomic mass is 14.3. The minimum absolute atomic E-state index is 0.236. The van der Waals surface area contributed by atoms with Gasteiger partial charge in [-0.05, 0) is 90.1 Å². The van der Waals surface area contributed by atoms with Crippen molar-refractivity contribution in [2.75, 3.05) is 0 Å². The van der Waals surface area contributed by atoms with Gasteiger partial charge in [0.2, 0.25) is 0 Å². The molecule has 37 heavy (non-hydrogen) atoms. The van der Waals surface area contributed by atoms with Crippen LogP contribution in [0.25, 0.3) is 0 Å². The number of rotatable bonds is 7. The molecule has 0 spiro atoms. The van der Waals surface area contributed by atoms with E-state index in [2.05, 4.69) is 107 Å². The van der Waals surface area contributed by atoms with Gasteiger partial charge in [-0.3, -0.25) is 0 Å². The topological polar surface area (TPSA) is 0 Å². The summed E-state index contributed by atoms with van der Waals surface area (Å²) in [6.07, 6.45) is 33.9. The molecule has 2 unspecified atom stereocenters. The van der Waals surface area contributed by atoms with Gasteiger partial charge in [0.05, 0.1) is 0 Å². The van der Waals surface area contributed by atoms with Gasteiger partial charge in [-0.15, -0.1) is 0 Å². The molecule has 0 heteroatoms. The van der Waals surface area contributed by atoms with Crippen molar-refractivity contribution < 1.29 is 0 Å². The van der Waals surface area contributed by atoms with Crippen LogP contribution in [0.5, 0.6) is 0 Å². The summed E-state index contributed by atoms with van der Waals surface area (Å²) >= 11 is 0. The van der Waals surface area contributed by atoms with Gasteiger partial charge in [-0.2, -0.15) is 0 Å². The first-order valence-electron chi connectivity index (χ1n) is 14.3. The molecule has 2 atom stereocenters. The largest absolute Gasteiger partial charge is 0.0991 e. The fourth-order valence-corrected chi connectivity index (χ4v) is 6.62. The van der Waals surface area contributed by atoms with E-state index in [1.807, 2.05) is 0 Å². The first-order valence-corrected chi connectivity index (χ1v) is 14.3. The van der Waals surface area contributed by atoms with E-state index in [-0.39, 0.29) is 5.41 Å². The highest BCUT2D eigenvalue weighted by molar-refractivity contribution is 5.57. The second-order valence-corrected chi connectivity index (χ2v) is 12.8. The quantitative estimate of drug-likeness (QED) is 0.313. The van der Waals surface area contributed by atoms with Crippen LogP contribution in [0.1, 0.15) is 65.7 Å². The van der Waals surface area contributed by atoms with Crippen molar-refractivity contribution in [3.05, 3.63) is 131 Å². The number of allylic oxidation sites excluding steroid dienone is 19. The molecule has 0 saturated heterocycles. The molecule has 192 valence electrons. The van der Waals surface area contributed by atoms with Crippen LogP contribution < -0.4 is 0 Å². The van der Waals surface area contributed by atoms with Crippen LogP contribution in [-0.4, -0.2) is 0 Å². The summed E-state index contributed by atoms with van der Waals surface area (Å²) in [4.78, 5) is 0. The summed E-state index contributed by atoms with van der Waals surface area (Å²) in [5, 5.41) is 0. The molecular weight excluding hydrogens is 444 g/mol. The van der Waals surface area contributed by atoms with Gasteiger partial charge >= 0.3 is 0 Å². The van der Waals surface area contributed by atoms with Gasteiger partial charge in [0, 0.05) is 11.8 Å². The predicted octanol–water partition coefficient (Wildman–Crippen LogP) is 10.3. The van der Waals surface area contributed by atoms with Crippen molar-refractivity contribution in [1.29, 1.82) is 0 Å². The molecule has 0 bridgehead atoms. The molecule has 5 aliphatic carbocycles. The molecular formula is C37H44. The second-order valence-electron chi connectivity index (χ2n) is 12.8. The third-order valence-corrected chi connectivity index (χ3v) is 9.09. The lowest BCUT2D eigenvalue weighted by Crippen LogP contribution is -2.22. The van der Waals surface area contributed by atoms with Crippen LogP contribution in [0.4, 0.5) is 0 Å². The van der Waals surface area contributed by atoms with Gasteiger partial charge in [0.25, 0.3) is 0 Å². The SMILES string of the molecule is C=C(CCC1=CC2C=C(CC3CCC(C(=C)C(C)(C)C)CC3)C=CC2=C1)C1=CC(=C)C2C=CC=CC2=C1. The van der Waals surface area contributed by atoms with Gasteiger partial charge in [0.1, 0.15) is 0 Å². The maximum absolute atomic E-state index is 4.45. The minimum Gasteiger partial charge on any atom is -0.0991 e. The maximum Gasteiger partial charge on any atom is 0.0267 e. The predicted molar refractivity (Wildman–Crippen MR) is 161 cm³/mol. The zero-order valence-electron chi connectivity index (χ0n) is 23.2. The molecule has 0 aromatic rings. The summed E-state index contributed by atoms with van der Waals surface area (Å²) < 4.78 is 0. The first-order chi connectivity index (χ1) is 17.7. The van der Waals surface area contributed by atoms with Crippen molar-refractivity contribution in [2.24, 2.45) is 29.1 Å². The third kappa shape index (κ3) is 5.85. The molecule has 0 aromatic heterocycles. The Morgan fingerprint density at radius 2 is 1.62 bits per heavy atom. The Balaban J connectivity index is 1.13. The van der Waals surface area contributed by atoms with Crippen LogP contribution >= 0.6 is 0 Å². The second kappa shape index (κ2) is 10.5. The third-order valence-electron chi connectivity index (χ3n) is 9.09. The summed E-state index contributed by atoms with van der Waals surface area (Å²) in [6.45, 7) is 20.1. The van der Waals surface area contributed by atoms with E-state index in [4.69, 9.17) is 0 Å². The van der Waals surface area contributed by atoms with Crippen LogP contribution in [-0.2, 0) is 0 Å². The van der Waals surface area contributed by atoms with Crippen molar-refractivity contribution in [1.82, 2.24) is 0 Å². The minimum atomic E-state index is 0.236. The zero-order valence-corrected chi connectivity index (χ0v) is 23.2. The monoisotopic (exact) mass is 488 g/mol. The maximum atomic E-state index is 4.45. The fraction of sp³-hybridized carbons (Fsp3) is 0.405. The summed E-state index contributed by atoms with van der Waals surface area (Å²) in [6, 6.07) is 0. The lowest BCUT2D eigenvalue weighted by Gasteiger charge is -2.35. The smallest absolute Gasteiger partial charge is 0.0267 e. The molecule has 0 nitrogen and oxygen atoms in total. The zero-order chi connectivity index (χ0) is 26.2. The van der Waals surface area contributed by atoms with Crippen molar-refractivity contribution in [2.45, 2.75) is 65.7 Å². The van der Waals surface area contributed by atoms with E-state index in [0.717, 1.165) is 24.3 Å². The van der Waals surface area contributed by atoms with E-state index in [1.165, 1.54) is 71.1 Å². The van der Waals surface area contributed by atoms with Crippen molar-refractivity contribution in [3.8, 4) is 0 Å². The average molecular weight is 489 g/mol. The van der Waals surface area contributed by atoms with Crippen LogP contribution in [0.2, 0.25) is 0 Å². The standard InChI is InChI=1S/C37H44/c1-25(34-19-26(2)36-10-8-7-9-33(36)24-34)11-12-30-21-32-18-15-29(22-35(32)23-30)20-28-13-16-31(17-14-28)27(3)37(4,5)6/h7-10,15,18-19,21-24,28,31,35-36H,1-3,11-14,16-17,20H2,4-6H3. The summed E-state index contributed by atoms with van der Waals surface area (Å²) in [7, 11) is 0. The molecule has 5 aliphatic rings. The molecule has 5 rings (SSSR count). The summed E-state index contributed by atoms with van der Waals surface area (Å²) in [5.41, 5.74) is 11.1. The van der Waals surface area contributed by atoms with Crippen molar-refractivity contribution >= 4 is 0 Å². The number of fused-ring (bicyclic) bond motifs is 2. The Morgan fingerprint density at radius 3 is 2.38 bits per heavy atom. The molecule has 0 heterocycles. The van der Waals surface area contributed by atoms with Gasteiger partial charge in [-0.25, -0.2) is 0 Å². The molecule has 0 aliphatic heterocycles. The van der Waals surface area contributed by atoms with E-state index >= 15 is 0 Å². The number of hydrogen-bond acceptors (Lipinski definition) is 0. The van der Waals surface area contributed by atoms with E-state index < -0.39 is 0 Å². The molecule has 0 N–H and O–H groups in total. The molecule has 1 fully saturated rings.